The van der Waals surface area contributed by atoms with Gasteiger partial charge in [0.05, 0.1) is 6.42 Å². The molecule has 0 unspecified atom stereocenters. The molecule has 0 bridgehead atoms. The molecule has 0 saturated heterocycles. The zero-order valence-corrected chi connectivity index (χ0v) is 10.2. The van der Waals surface area contributed by atoms with E-state index in [1.807, 2.05) is 0 Å². The van der Waals surface area contributed by atoms with Gasteiger partial charge in [-0.05, 0) is 24.1 Å². The summed E-state index contributed by atoms with van der Waals surface area (Å²) < 4.78 is 12.7. The van der Waals surface area contributed by atoms with Crippen LogP contribution in [-0.4, -0.2) is 35.5 Å². The first-order chi connectivity index (χ1) is 8.49. The first-order valence-corrected chi connectivity index (χ1v) is 5.69. The minimum absolute atomic E-state index is 0.00918. The Balaban J connectivity index is 2.36. The molecule has 0 aliphatic rings. The standard InChI is InChI=1S/C13H16FNO3/c1-15(12(16)6-7-13(17)18)9-8-10-2-4-11(14)5-3-10/h2-5H,6-9H2,1H3,(H,17,18). The minimum Gasteiger partial charge on any atom is -0.481 e. The number of hydrogen-bond acceptors (Lipinski definition) is 2. The number of benzene rings is 1. The second-order valence-electron chi connectivity index (χ2n) is 4.09. The molecular formula is C13H16FNO3. The zero-order chi connectivity index (χ0) is 13.5. The van der Waals surface area contributed by atoms with E-state index >= 15 is 0 Å². The Labute approximate surface area is 105 Å². The highest BCUT2D eigenvalue weighted by Gasteiger charge is 2.10. The largest absolute Gasteiger partial charge is 0.481 e. The Kier molecular flexibility index (Phi) is 5.30. The molecule has 0 spiro atoms. The summed E-state index contributed by atoms with van der Waals surface area (Å²) in [6.45, 7) is 0.490. The average Bonchev–Trinajstić information content (AvgIpc) is 2.34. The third-order valence-electron chi connectivity index (χ3n) is 2.63. The lowest BCUT2D eigenvalue weighted by molar-refractivity contribution is -0.140. The summed E-state index contributed by atoms with van der Waals surface area (Å²) in [4.78, 5) is 23.3. The molecule has 18 heavy (non-hydrogen) atoms. The number of carbonyl (C=O) groups is 2. The molecule has 1 N–H and O–H groups in total. The predicted octanol–water partition coefficient (Wildman–Crippen LogP) is 1.69. The van der Waals surface area contributed by atoms with Gasteiger partial charge < -0.3 is 10.0 Å². The van der Waals surface area contributed by atoms with Crippen LogP contribution in [0.3, 0.4) is 0 Å². The van der Waals surface area contributed by atoms with E-state index in [0.717, 1.165) is 5.56 Å². The second kappa shape index (κ2) is 6.74. The Bertz CT molecular complexity index is 417. The SMILES string of the molecule is CN(CCc1ccc(F)cc1)C(=O)CCC(=O)O. The summed E-state index contributed by atoms with van der Waals surface area (Å²) in [6.07, 6.45) is 0.477. The van der Waals surface area contributed by atoms with Crippen LogP contribution in [0.15, 0.2) is 24.3 Å². The number of aliphatic carboxylic acids is 1. The van der Waals surface area contributed by atoms with Crippen molar-refractivity contribution in [1.82, 2.24) is 4.90 Å². The van der Waals surface area contributed by atoms with Crippen molar-refractivity contribution in [1.29, 1.82) is 0 Å². The molecule has 1 amide bonds. The lowest BCUT2D eigenvalue weighted by atomic mass is 10.1. The quantitative estimate of drug-likeness (QED) is 0.839. The van der Waals surface area contributed by atoms with Crippen molar-refractivity contribution in [2.24, 2.45) is 0 Å². The van der Waals surface area contributed by atoms with Crippen LogP contribution >= 0.6 is 0 Å². The Morgan fingerprint density at radius 1 is 1.22 bits per heavy atom. The number of carbonyl (C=O) groups excluding carboxylic acids is 1. The van der Waals surface area contributed by atoms with Gasteiger partial charge in [0.2, 0.25) is 5.91 Å². The molecule has 5 heteroatoms. The maximum absolute atomic E-state index is 12.7. The number of carboxylic acid groups (broad SMARTS) is 1. The smallest absolute Gasteiger partial charge is 0.303 e. The summed E-state index contributed by atoms with van der Waals surface area (Å²) in [5, 5.41) is 8.47. The van der Waals surface area contributed by atoms with Crippen LogP contribution in [0.2, 0.25) is 0 Å². The highest BCUT2D eigenvalue weighted by atomic mass is 19.1. The summed E-state index contributed by atoms with van der Waals surface area (Å²) >= 11 is 0. The molecule has 1 rings (SSSR count). The average molecular weight is 253 g/mol. The van der Waals surface area contributed by atoms with Crippen molar-refractivity contribution in [2.45, 2.75) is 19.3 Å². The van der Waals surface area contributed by atoms with Gasteiger partial charge in [0.1, 0.15) is 5.82 Å². The third-order valence-corrected chi connectivity index (χ3v) is 2.63. The van der Waals surface area contributed by atoms with Crippen LogP contribution in [0.5, 0.6) is 0 Å². The molecule has 0 aromatic heterocycles. The molecule has 98 valence electrons. The molecule has 0 saturated carbocycles. The Morgan fingerprint density at radius 2 is 1.83 bits per heavy atom. The van der Waals surface area contributed by atoms with Crippen LogP contribution in [0.1, 0.15) is 18.4 Å². The minimum atomic E-state index is -0.977. The number of nitrogens with zero attached hydrogens (tertiary/aromatic N) is 1. The molecule has 0 fully saturated rings. The number of carboxylic acids is 1. The number of halogens is 1. The molecule has 0 radical (unpaired) electrons. The Morgan fingerprint density at radius 3 is 2.39 bits per heavy atom. The molecule has 0 aliphatic heterocycles. The molecule has 1 aromatic carbocycles. The topological polar surface area (TPSA) is 57.6 Å². The van der Waals surface area contributed by atoms with Gasteiger partial charge in [0, 0.05) is 20.0 Å². The lowest BCUT2D eigenvalue weighted by Gasteiger charge is -2.16. The van der Waals surface area contributed by atoms with Gasteiger partial charge in [-0.2, -0.15) is 0 Å². The summed E-state index contributed by atoms with van der Waals surface area (Å²) in [5.74, 6) is -1.46. The first-order valence-electron chi connectivity index (χ1n) is 5.69. The summed E-state index contributed by atoms with van der Waals surface area (Å²) in [7, 11) is 1.63. The van der Waals surface area contributed by atoms with E-state index in [1.165, 1.54) is 17.0 Å². The van der Waals surface area contributed by atoms with Crippen LogP contribution in [0.4, 0.5) is 4.39 Å². The van der Waals surface area contributed by atoms with Gasteiger partial charge in [-0.15, -0.1) is 0 Å². The van der Waals surface area contributed by atoms with Crippen molar-refractivity contribution < 1.29 is 19.1 Å². The van der Waals surface area contributed by atoms with Crippen molar-refractivity contribution in [3.63, 3.8) is 0 Å². The molecular weight excluding hydrogens is 237 g/mol. The molecule has 1 aromatic rings. The fourth-order valence-electron chi connectivity index (χ4n) is 1.48. The van der Waals surface area contributed by atoms with E-state index in [0.29, 0.717) is 13.0 Å². The molecule has 0 heterocycles. The maximum atomic E-state index is 12.7. The normalized spacial score (nSPS) is 10.1. The summed E-state index contributed by atoms with van der Waals surface area (Å²) in [6, 6.07) is 6.10. The Hall–Kier alpha value is -1.91. The highest BCUT2D eigenvalue weighted by molar-refractivity contribution is 5.80. The highest BCUT2D eigenvalue weighted by Crippen LogP contribution is 2.05. The lowest BCUT2D eigenvalue weighted by Crippen LogP contribution is -2.29. The van der Waals surface area contributed by atoms with Gasteiger partial charge in [-0.1, -0.05) is 12.1 Å². The predicted molar refractivity (Wildman–Crippen MR) is 64.6 cm³/mol. The summed E-state index contributed by atoms with van der Waals surface area (Å²) in [5.41, 5.74) is 0.939. The van der Waals surface area contributed by atoms with Gasteiger partial charge in [-0.25, -0.2) is 4.39 Å². The van der Waals surface area contributed by atoms with Gasteiger partial charge in [0.25, 0.3) is 0 Å². The van der Waals surface area contributed by atoms with Crippen LogP contribution in [0, 0.1) is 5.82 Å². The van der Waals surface area contributed by atoms with E-state index in [2.05, 4.69) is 0 Å². The maximum Gasteiger partial charge on any atom is 0.303 e. The van der Waals surface area contributed by atoms with Gasteiger partial charge in [-0.3, -0.25) is 9.59 Å². The van der Waals surface area contributed by atoms with Crippen LogP contribution in [-0.2, 0) is 16.0 Å². The van der Waals surface area contributed by atoms with Crippen molar-refractivity contribution in [3.05, 3.63) is 35.6 Å². The van der Waals surface area contributed by atoms with Crippen molar-refractivity contribution in [3.8, 4) is 0 Å². The zero-order valence-electron chi connectivity index (χ0n) is 10.2. The second-order valence-corrected chi connectivity index (χ2v) is 4.09. The number of rotatable bonds is 6. The third kappa shape index (κ3) is 4.95. The van der Waals surface area contributed by atoms with E-state index in [4.69, 9.17) is 5.11 Å². The van der Waals surface area contributed by atoms with Crippen LogP contribution < -0.4 is 0 Å². The van der Waals surface area contributed by atoms with Crippen LogP contribution in [0.25, 0.3) is 0 Å². The van der Waals surface area contributed by atoms with E-state index in [-0.39, 0.29) is 24.6 Å². The van der Waals surface area contributed by atoms with Crippen molar-refractivity contribution in [2.75, 3.05) is 13.6 Å². The van der Waals surface area contributed by atoms with E-state index < -0.39 is 5.97 Å². The molecule has 0 aliphatic carbocycles. The first kappa shape index (κ1) is 14.2. The number of hydrogen-bond donors (Lipinski definition) is 1. The number of likely N-dealkylation sites (N-methyl/N-ethyl adjacent to an activating group) is 1. The van der Waals surface area contributed by atoms with Crippen molar-refractivity contribution >= 4 is 11.9 Å². The van der Waals surface area contributed by atoms with Gasteiger partial charge in [0.15, 0.2) is 0 Å². The molecule has 0 atom stereocenters. The fourth-order valence-corrected chi connectivity index (χ4v) is 1.48. The molecule has 4 nitrogen and oxygen atoms in total. The fraction of sp³-hybridized carbons (Fsp3) is 0.385. The van der Waals surface area contributed by atoms with E-state index in [9.17, 15) is 14.0 Å². The monoisotopic (exact) mass is 253 g/mol. The van der Waals surface area contributed by atoms with Gasteiger partial charge >= 0.3 is 5.97 Å². The van der Waals surface area contributed by atoms with E-state index in [1.54, 1.807) is 19.2 Å². The number of amides is 1.